The van der Waals surface area contributed by atoms with Crippen molar-refractivity contribution in [2.75, 3.05) is 13.2 Å². The van der Waals surface area contributed by atoms with Crippen LogP contribution in [0.25, 0.3) is 0 Å². The fourth-order valence-corrected chi connectivity index (χ4v) is 1.73. The summed E-state index contributed by atoms with van der Waals surface area (Å²) < 4.78 is 40.8. The molecule has 102 valence electrons. The predicted octanol–water partition coefficient (Wildman–Crippen LogP) is 2.62. The van der Waals surface area contributed by atoms with Crippen LogP contribution in [0.2, 0.25) is 0 Å². The Labute approximate surface area is 104 Å². The Morgan fingerprint density at radius 3 is 2.56 bits per heavy atom. The van der Waals surface area contributed by atoms with E-state index >= 15 is 0 Å². The summed E-state index contributed by atoms with van der Waals surface area (Å²) in [5.74, 6) is -0.232. The fraction of sp³-hybridized carbons (Fsp3) is 0.500. The van der Waals surface area contributed by atoms with Crippen molar-refractivity contribution in [2.45, 2.75) is 25.7 Å². The molecule has 0 fully saturated rings. The molecule has 0 aliphatic carbocycles. The summed E-state index contributed by atoms with van der Waals surface area (Å²) in [4.78, 5) is 0. The van der Waals surface area contributed by atoms with Gasteiger partial charge < -0.3 is 15.2 Å². The van der Waals surface area contributed by atoms with Crippen LogP contribution in [0.3, 0.4) is 0 Å². The molecule has 2 N–H and O–H groups in total. The van der Waals surface area contributed by atoms with Gasteiger partial charge in [-0.3, -0.25) is 0 Å². The van der Waals surface area contributed by atoms with Gasteiger partial charge in [0, 0.05) is 18.2 Å². The number of hydrogen-bond donors (Lipinski definition) is 2. The van der Waals surface area contributed by atoms with Crippen molar-refractivity contribution in [1.82, 2.24) is 5.32 Å². The van der Waals surface area contributed by atoms with Crippen LogP contribution in [-0.2, 0) is 0 Å². The lowest BCUT2D eigenvalue weighted by atomic mass is 10.0. The van der Waals surface area contributed by atoms with Crippen LogP contribution in [0.15, 0.2) is 24.3 Å². The molecular weight excluding hydrogens is 247 g/mol. The maximum atomic E-state index is 12.3. The molecule has 18 heavy (non-hydrogen) atoms. The van der Waals surface area contributed by atoms with Crippen LogP contribution >= 0.6 is 0 Å². The molecule has 1 aromatic rings. The third-order valence-corrected chi connectivity index (χ3v) is 2.39. The highest BCUT2D eigenvalue weighted by atomic mass is 19.4. The van der Waals surface area contributed by atoms with Gasteiger partial charge >= 0.3 is 6.36 Å². The Balaban J connectivity index is 2.97. The first-order valence-electron chi connectivity index (χ1n) is 5.67. The largest absolute Gasteiger partial charge is 0.573 e. The first-order valence-corrected chi connectivity index (χ1v) is 5.67. The molecule has 1 atom stereocenters. The van der Waals surface area contributed by atoms with Gasteiger partial charge in [0.2, 0.25) is 0 Å². The van der Waals surface area contributed by atoms with E-state index in [1.54, 1.807) is 12.1 Å². The van der Waals surface area contributed by atoms with Crippen molar-refractivity contribution < 1.29 is 23.0 Å². The summed E-state index contributed by atoms with van der Waals surface area (Å²) in [6.07, 6.45) is -4.39. The number of halogens is 3. The molecule has 0 amide bonds. The smallest absolute Gasteiger partial charge is 0.405 e. The van der Waals surface area contributed by atoms with E-state index in [2.05, 4.69) is 10.1 Å². The Bertz CT molecular complexity index is 363. The maximum Gasteiger partial charge on any atom is 0.573 e. The van der Waals surface area contributed by atoms with E-state index < -0.39 is 6.36 Å². The summed E-state index contributed by atoms with van der Waals surface area (Å²) in [5.41, 5.74) is 0.394. The summed E-state index contributed by atoms with van der Waals surface area (Å²) in [5, 5.41) is 12.0. The van der Waals surface area contributed by atoms with Gasteiger partial charge in [0.05, 0.1) is 0 Å². The van der Waals surface area contributed by atoms with Crippen LogP contribution < -0.4 is 10.1 Å². The van der Waals surface area contributed by atoms with Crippen LogP contribution in [0, 0.1) is 0 Å². The second-order valence-corrected chi connectivity index (χ2v) is 3.71. The average molecular weight is 263 g/mol. The summed E-state index contributed by atoms with van der Waals surface area (Å²) in [7, 11) is 0. The molecule has 0 aliphatic rings. The highest BCUT2D eigenvalue weighted by Gasteiger charge is 2.32. The van der Waals surface area contributed by atoms with Gasteiger partial charge in [0.15, 0.2) is 0 Å². The first-order chi connectivity index (χ1) is 8.48. The Kier molecular flexibility index (Phi) is 5.43. The Hall–Kier alpha value is -1.27. The minimum atomic E-state index is -4.72. The summed E-state index contributed by atoms with van der Waals surface area (Å²) in [6.45, 7) is 2.32. The molecule has 0 saturated carbocycles. The topological polar surface area (TPSA) is 41.5 Å². The van der Waals surface area contributed by atoms with Gasteiger partial charge in [-0.2, -0.15) is 0 Å². The van der Waals surface area contributed by atoms with Gasteiger partial charge in [0.1, 0.15) is 5.75 Å². The third-order valence-electron chi connectivity index (χ3n) is 2.39. The Morgan fingerprint density at radius 1 is 1.33 bits per heavy atom. The number of nitrogens with one attached hydrogen (secondary N) is 1. The molecule has 0 bridgehead atoms. The first kappa shape index (κ1) is 14.8. The molecule has 0 heterocycles. The molecule has 6 heteroatoms. The molecule has 0 saturated heterocycles. The molecule has 0 spiro atoms. The van der Waals surface area contributed by atoms with E-state index in [1.807, 2.05) is 6.92 Å². The number of hydrogen-bond acceptors (Lipinski definition) is 3. The van der Waals surface area contributed by atoms with E-state index in [0.29, 0.717) is 18.5 Å². The van der Waals surface area contributed by atoms with E-state index in [9.17, 15) is 13.2 Å². The van der Waals surface area contributed by atoms with Crippen molar-refractivity contribution in [2.24, 2.45) is 0 Å². The normalized spacial score (nSPS) is 13.4. The minimum Gasteiger partial charge on any atom is -0.405 e. The standard InChI is InChI=1S/C12H16F3NO2/c1-2-16-10(7-8-17)9-5-3-4-6-11(9)18-12(13,14)15/h3-6,10,16-17H,2,7-8H2,1H3. The van der Waals surface area contributed by atoms with Gasteiger partial charge in [0.25, 0.3) is 0 Å². The van der Waals surface area contributed by atoms with Gasteiger partial charge in [-0.05, 0) is 19.0 Å². The molecule has 3 nitrogen and oxygen atoms in total. The van der Waals surface area contributed by atoms with Gasteiger partial charge in [-0.15, -0.1) is 13.2 Å². The maximum absolute atomic E-state index is 12.3. The number of alkyl halides is 3. The number of para-hydroxylation sites is 1. The summed E-state index contributed by atoms with van der Waals surface area (Å²) in [6, 6.07) is 5.58. The van der Waals surface area contributed by atoms with E-state index in [-0.39, 0.29) is 18.4 Å². The van der Waals surface area contributed by atoms with Crippen LogP contribution in [-0.4, -0.2) is 24.6 Å². The number of benzene rings is 1. The van der Waals surface area contributed by atoms with Crippen LogP contribution in [0.1, 0.15) is 24.9 Å². The van der Waals surface area contributed by atoms with E-state index in [4.69, 9.17) is 5.11 Å². The monoisotopic (exact) mass is 263 g/mol. The van der Waals surface area contributed by atoms with Crippen molar-refractivity contribution >= 4 is 0 Å². The average Bonchev–Trinajstić information content (AvgIpc) is 2.27. The van der Waals surface area contributed by atoms with Crippen molar-refractivity contribution in [3.63, 3.8) is 0 Å². The quantitative estimate of drug-likeness (QED) is 0.829. The molecule has 0 radical (unpaired) electrons. The van der Waals surface area contributed by atoms with Crippen molar-refractivity contribution in [3.8, 4) is 5.75 Å². The lowest BCUT2D eigenvalue weighted by Gasteiger charge is -2.21. The van der Waals surface area contributed by atoms with Crippen LogP contribution in [0.4, 0.5) is 13.2 Å². The number of aliphatic hydroxyl groups excluding tert-OH is 1. The van der Waals surface area contributed by atoms with E-state index in [0.717, 1.165) is 0 Å². The predicted molar refractivity (Wildman–Crippen MR) is 61.2 cm³/mol. The molecule has 1 unspecified atom stereocenters. The SMILES string of the molecule is CCNC(CCO)c1ccccc1OC(F)(F)F. The molecule has 1 rings (SSSR count). The lowest BCUT2D eigenvalue weighted by molar-refractivity contribution is -0.275. The van der Waals surface area contributed by atoms with Crippen LogP contribution in [0.5, 0.6) is 5.75 Å². The van der Waals surface area contributed by atoms with Gasteiger partial charge in [-0.25, -0.2) is 0 Å². The summed E-state index contributed by atoms with van der Waals surface area (Å²) >= 11 is 0. The molecule has 0 aliphatic heterocycles. The minimum absolute atomic E-state index is 0.113. The lowest BCUT2D eigenvalue weighted by Crippen LogP contribution is -2.24. The fourth-order valence-electron chi connectivity index (χ4n) is 1.73. The number of aliphatic hydroxyl groups is 1. The third kappa shape index (κ3) is 4.54. The number of ether oxygens (including phenoxy) is 1. The second-order valence-electron chi connectivity index (χ2n) is 3.71. The van der Waals surface area contributed by atoms with E-state index in [1.165, 1.54) is 12.1 Å². The zero-order valence-corrected chi connectivity index (χ0v) is 10.00. The van der Waals surface area contributed by atoms with Crippen molar-refractivity contribution in [3.05, 3.63) is 29.8 Å². The highest BCUT2D eigenvalue weighted by Crippen LogP contribution is 2.31. The zero-order valence-electron chi connectivity index (χ0n) is 10.00. The number of rotatable bonds is 6. The van der Waals surface area contributed by atoms with Crippen molar-refractivity contribution in [1.29, 1.82) is 0 Å². The highest BCUT2D eigenvalue weighted by molar-refractivity contribution is 5.36. The van der Waals surface area contributed by atoms with Gasteiger partial charge in [-0.1, -0.05) is 25.1 Å². The Morgan fingerprint density at radius 2 is 2.00 bits per heavy atom. The zero-order chi connectivity index (χ0) is 13.6. The molecule has 0 aromatic heterocycles. The molecule has 1 aromatic carbocycles. The molecular formula is C12H16F3NO2. The second kappa shape index (κ2) is 6.61.